The number of carbonyl (C=O) groups is 1. The molecule has 0 spiro atoms. The molecule has 0 aliphatic carbocycles. The van der Waals surface area contributed by atoms with Gasteiger partial charge in [-0.3, -0.25) is 4.79 Å². The summed E-state index contributed by atoms with van der Waals surface area (Å²) in [6, 6.07) is 5.86. The number of nitriles is 1. The molecule has 1 heterocycles. The first-order valence-corrected chi connectivity index (χ1v) is 5.89. The Kier molecular flexibility index (Phi) is 3.91. The van der Waals surface area contributed by atoms with Crippen LogP contribution >= 0.6 is 11.6 Å². The van der Waals surface area contributed by atoms with E-state index in [2.05, 4.69) is 15.3 Å². The number of aryl methyl sites for hydroxylation is 1. The fourth-order valence-electron chi connectivity index (χ4n) is 1.62. The summed E-state index contributed by atoms with van der Waals surface area (Å²) in [6.45, 7) is 1.60. The Morgan fingerprint density at radius 3 is 2.85 bits per heavy atom. The summed E-state index contributed by atoms with van der Waals surface area (Å²) in [5.41, 5.74) is 0.0759. The molecule has 0 unspecified atom stereocenters. The standard InChI is InChI=1S/C13H8ClFN4O/c1-7-17-12(14)9(6-20)13(18-7)19-11-4-2-3-10(15)8(11)5-16/h2-4,6H,1H3,(H,17,18,19). The van der Waals surface area contributed by atoms with E-state index in [1.807, 2.05) is 0 Å². The highest BCUT2D eigenvalue weighted by Crippen LogP contribution is 2.25. The van der Waals surface area contributed by atoms with Crippen molar-refractivity contribution in [3.8, 4) is 6.07 Å². The second kappa shape index (κ2) is 5.63. The maximum atomic E-state index is 13.5. The Balaban J connectivity index is 2.54. The number of aromatic nitrogens is 2. The van der Waals surface area contributed by atoms with Gasteiger partial charge in [-0.15, -0.1) is 0 Å². The first-order chi connectivity index (χ1) is 9.56. The first-order valence-electron chi connectivity index (χ1n) is 5.51. The molecule has 0 fully saturated rings. The molecule has 1 aromatic carbocycles. The molecule has 0 saturated carbocycles. The van der Waals surface area contributed by atoms with E-state index < -0.39 is 5.82 Å². The molecule has 2 aromatic rings. The van der Waals surface area contributed by atoms with Crippen molar-refractivity contribution < 1.29 is 9.18 Å². The molecule has 20 heavy (non-hydrogen) atoms. The van der Waals surface area contributed by atoms with E-state index in [0.29, 0.717) is 12.1 Å². The molecule has 7 heteroatoms. The third-order valence-electron chi connectivity index (χ3n) is 2.51. The zero-order valence-corrected chi connectivity index (χ0v) is 11.1. The first kappa shape index (κ1) is 13.9. The lowest BCUT2D eigenvalue weighted by atomic mass is 10.2. The number of rotatable bonds is 3. The summed E-state index contributed by atoms with van der Waals surface area (Å²) >= 11 is 5.84. The van der Waals surface area contributed by atoms with Crippen LogP contribution in [0.1, 0.15) is 21.7 Å². The number of aldehydes is 1. The van der Waals surface area contributed by atoms with Crippen molar-refractivity contribution in [1.29, 1.82) is 5.26 Å². The van der Waals surface area contributed by atoms with Gasteiger partial charge in [0.25, 0.3) is 0 Å². The fraction of sp³-hybridized carbons (Fsp3) is 0.0769. The number of nitrogens with one attached hydrogen (secondary N) is 1. The quantitative estimate of drug-likeness (QED) is 0.694. The van der Waals surface area contributed by atoms with E-state index in [1.54, 1.807) is 13.0 Å². The van der Waals surface area contributed by atoms with Crippen molar-refractivity contribution in [2.24, 2.45) is 0 Å². The number of hydrogen-bond donors (Lipinski definition) is 1. The van der Waals surface area contributed by atoms with Gasteiger partial charge < -0.3 is 5.32 Å². The van der Waals surface area contributed by atoms with E-state index in [0.717, 1.165) is 0 Å². The lowest BCUT2D eigenvalue weighted by Gasteiger charge is -2.11. The van der Waals surface area contributed by atoms with E-state index in [4.69, 9.17) is 16.9 Å². The van der Waals surface area contributed by atoms with Gasteiger partial charge in [0.2, 0.25) is 0 Å². The Labute approximate surface area is 119 Å². The van der Waals surface area contributed by atoms with Gasteiger partial charge in [0.05, 0.1) is 11.3 Å². The molecule has 0 saturated heterocycles. The molecular formula is C13H8ClFN4O. The van der Waals surface area contributed by atoms with Gasteiger partial charge in [0, 0.05) is 0 Å². The van der Waals surface area contributed by atoms with Crippen LogP contribution in [0.5, 0.6) is 0 Å². The fourth-order valence-corrected chi connectivity index (χ4v) is 1.87. The third-order valence-corrected chi connectivity index (χ3v) is 2.80. The van der Waals surface area contributed by atoms with Crippen LogP contribution in [-0.4, -0.2) is 16.3 Å². The predicted molar refractivity (Wildman–Crippen MR) is 71.6 cm³/mol. The van der Waals surface area contributed by atoms with E-state index in [-0.39, 0.29) is 27.8 Å². The number of nitrogens with zero attached hydrogens (tertiary/aromatic N) is 3. The molecule has 0 atom stereocenters. The molecule has 0 aliphatic rings. The number of anilines is 2. The van der Waals surface area contributed by atoms with Crippen molar-refractivity contribution in [1.82, 2.24) is 9.97 Å². The van der Waals surface area contributed by atoms with Crippen LogP contribution in [0.3, 0.4) is 0 Å². The van der Waals surface area contributed by atoms with Crippen LogP contribution in [0.4, 0.5) is 15.9 Å². The monoisotopic (exact) mass is 290 g/mol. The van der Waals surface area contributed by atoms with Crippen molar-refractivity contribution in [2.45, 2.75) is 6.92 Å². The average molecular weight is 291 g/mol. The normalized spacial score (nSPS) is 9.90. The highest BCUT2D eigenvalue weighted by Gasteiger charge is 2.14. The molecule has 0 bridgehead atoms. The van der Waals surface area contributed by atoms with Gasteiger partial charge >= 0.3 is 0 Å². The van der Waals surface area contributed by atoms with Gasteiger partial charge in [-0.1, -0.05) is 17.7 Å². The molecule has 1 N–H and O–H groups in total. The second-order valence-electron chi connectivity index (χ2n) is 3.84. The molecule has 1 aromatic heterocycles. The van der Waals surface area contributed by atoms with Crippen LogP contribution < -0.4 is 5.32 Å². The second-order valence-corrected chi connectivity index (χ2v) is 4.20. The van der Waals surface area contributed by atoms with Crippen LogP contribution in [0.25, 0.3) is 0 Å². The van der Waals surface area contributed by atoms with E-state index in [1.165, 1.54) is 18.2 Å². The topological polar surface area (TPSA) is 78.7 Å². The number of halogens is 2. The van der Waals surface area contributed by atoms with Crippen LogP contribution in [-0.2, 0) is 0 Å². The summed E-state index contributed by atoms with van der Waals surface area (Å²) < 4.78 is 13.5. The SMILES string of the molecule is Cc1nc(Cl)c(C=O)c(Nc2cccc(F)c2C#N)n1. The van der Waals surface area contributed by atoms with Crippen molar-refractivity contribution in [2.75, 3.05) is 5.32 Å². The molecule has 100 valence electrons. The maximum Gasteiger partial charge on any atom is 0.156 e. The lowest BCUT2D eigenvalue weighted by Crippen LogP contribution is -2.05. The Hall–Kier alpha value is -2.52. The van der Waals surface area contributed by atoms with E-state index in [9.17, 15) is 9.18 Å². The summed E-state index contributed by atoms with van der Waals surface area (Å²) in [5, 5.41) is 11.7. The summed E-state index contributed by atoms with van der Waals surface area (Å²) in [6.07, 6.45) is 0.495. The smallest absolute Gasteiger partial charge is 0.156 e. The van der Waals surface area contributed by atoms with Crippen LogP contribution in [0, 0.1) is 24.1 Å². The van der Waals surface area contributed by atoms with Gasteiger partial charge in [0.1, 0.15) is 34.2 Å². The zero-order valence-electron chi connectivity index (χ0n) is 10.3. The molecule has 0 amide bonds. The third kappa shape index (κ3) is 2.58. The highest BCUT2D eigenvalue weighted by atomic mass is 35.5. The minimum atomic E-state index is -0.665. The lowest BCUT2D eigenvalue weighted by molar-refractivity contribution is 0.112. The molecule has 2 rings (SSSR count). The van der Waals surface area contributed by atoms with Crippen LogP contribution in [0.15, 0.2) is 18.2 Å². The minimum Gasteiger partial charge on any atom is -0.338 e. The summed E-state index contributed by atoms with van der Waals surface area (Å²) in [5.74, 6) is -0.195. The summed E-state index contributed by atoms with van der Waals surface area (Å²) in [4.78, 5) is 18.9. The van der Waals surface area contributed by atoms with Gasteiger partial charge in [-0.05, 0) is 19.1 Å². The Bertz CT molecular complexity index is 727. The maximum absolute atomic E-state index is 13.5. The van der Waals surface area contributed by atoms with Gasteiger partial charge in [-0.25, -0.2) is 14.4 Å². The van der Waals surface area contributed by atoms with Crippen molar-refractivity contribution in [3.63, 3.8) is 0 Å². The largest absolute Gasteiger partial charge is 0.338 e. The average Bonchev–Trinajstić information content (AvgIpc) is 2.38. The van der Waals surface area contributed by atoms with Crippen molar-refractivity contribution >= 4 is 29.4 Å². The van der Waals surface area contributed by atoms with Crippen molar-refractivity contribution in [3.05, 3.63) is 46.1 Å². The summed E-state index contributed by atoms with van der Waals surface area (Å²) in [7, 11) is 0. The van der Waals surface area contributed by atoms with Gasteiger partial charge in [-0.2, -0.15) is 5.26 Å². The molecule has 0 aliphatic heterocycles. The highest BCUT2D eigenvalue weighted by molar-refractivity contribution is 6.32. The molecule has 5 nitrogen and oxygen atoms in total. The Morgan fingerprint density at radius 1 is 1.45 bits per heavy atom. The number of carbonyl (C=O) groups excluding carboxylic acids is 1. The van der Waals surface area contributed by atoms with E-state index >= 15 is 0 Å². The predicted octanol–water partition coefficient (Wildman–Crippen LogP) is 3.01. The molecular weight excluding hydrogens is 283 g/mol. The minimum absolute atomic E-state index is 0.00934. The number of hydrogen-bond acceptors (Lipinski definition) is 5. The molecule has 0 radical (unpaired) electrons. The van der Waals surface area contributed by atoms with Crippen LogP contribution in [0.2, 0.25) is 5.15 Å². The zero-order chi connectivity index (χ0) is 14.7. The Morgan fingerprint density at radius 2 is 2.20 bits per heavy atom. The van der Waals surface area contributed by atoms with Gasteiger partial charge in [0.15, 0.2) is 6.29 Å². The number of benzene rings is 1.